The quantitative estimate of drug-likeness (QED) is 0.718. The highest BCUT2D eigenvalue weighted by Crippen LogP contribution is 2.39. The second-order valence-corrected chi connectivity index (χ2v) is 7.62. The van der Waals surface area contributed by atoms with E-state index in [0.29, 0.717) is 23.9 Å². The Balaban J connectivity index is 1.36. The Labute approximate surface area is 152 Å². The van der Waals surface area contributed by atoms with E-state index < -0.39 is 0 Å². The summed E-state index contributed by atoms with van der Waals surface area (Å²) in [7, 11) is 2.14. The van der Waals surface area contributed by atoms with E-state index in [2.05, 4.69) is 58.7 Å². The molecule has 3 fully saturated rings. The average Bonchev–Trinajstić information content (AvgIpc) is 3.18. The van der Waals surface area contributed by atoms with Gasteiger partial charge in [0.1, 0.15) is 0 Å². The zero-order valence-electron chi connectivity index (χ0n) is 15.1. The molecule has 3 N–H and O–H groups in total. The van der Waals surface area contributed by atoms with E-state index in [1.54, 1.807) is 0 Å². The van der Waals surface area contributed by atoms with Crippen molar-refractivity contribution in [3.05, 3.63) is 11.8 Å². The summed E-state index contributed by atoms with van der Waals surface area (Å²) in [6, 6.07) is 2.44. The Bertz CT molecular complexity index is 780. The van der Waals surface area contributed by atoms with Crippen molar-refractivity contribution in [2.75, 3.05) is 48.8 Å². The lowest BCUT2D eigenvalue weighted by atomic mass is 10.2. The molecule has 4 heterocycles. The third kappa shape index (κ3) is 3.31. The van der Waals surface area contributed by atoms with Crippen LogP contribution in [0.4, 0.5) is 23.7 Å². The van der Waals surface area contributed by atoms with Gasteiger partial charge in [-0.15, -0.1) is 0 Å². The highest BCUT2D eigenvalue weighted by molar-refractivity contribution is 5.53. The molecule has 2 aliphatic heterocycles. The van der Waals surface area contributed by atoms with Crippen molar-refractivity contribution in [2.45, 2.75) is 37.6 Å². The molecule has 0 spiro atoms. The Hall–Kier alpha value is -2.42. The molecule has 3 aliphatic rings. The average molecular weight is 355 g/mol. The van der Waals surface area contributed by atoms with Crippen LogP contribution in [0.1, 0.15) is 37.3 Å². The van der Waals surface area contributed by atoms with Crippen LogP contribution in [-0.2, 0) is 0 Å². The summed E-state index contributed by atoms with van der Waals surface area (Å²) < 4.78 is 0. The molecular formula is C17H25N9. The number of likely N-dealkylation sites (tertiary alicyclic amines) is 1. The van der Waals surface area contributed by atoms with Crippen LogP contribution < -0.4 is 15.5 Å². The van der Waals surface area contributed by atoms with Gasteiger partial charge < -0.3 is 20.4 Å². The monoisotopic (exact) mass is 355 g/mol. The Morgan fingerprint density at radius 3 is 2.62 bits per heavy atom. The van der Waals surface area contributed by atoms with Gasteiger partial charge in [-0.05, 0) is 39.3 Å². The van der Waals surface area contributed by atoms with Gasteiger partial charge in [0.25, 0.3) is 0 Å². The molecular weight excluding hydrogens is 330 g/mol. The predicted octanol–water partition coefficient (Wildman–Crippen LogP) is 1.54. The Kier molecular flexibility index (Phi) is 3.88. The molecule has 9 heteroatoms. The van der Waals surface area contributed by atoms with E-state index in [9.17, 15) is 0 Å². The van der Waals surface area contributed by atoms with Crippen LogP contribution in [0.15, 0.2) is 6.07 Å². The summed E-state index contributed by atoms with van der Waals surface area (Å²) in [6.07, 6.45) is 4.79. The molecule has 1 saturated carbocycles. The molecule has 9 nitrogen and oxygen atoms in total. The van der Waals surface area contributed by atoms with Gasteiger partial charge in [-0.2, -0.15) is 20.1 Å². The molecule has 2 saturated heterocycles. The molecule has 138 valence electrons. The van der Waals surface area contributed by atoms with Crippen molar-refractivity contribution in [1.82, 2.24) is 30.0 Å². The number of hydrogen-bond donors (Lipinski definition) is 3. The summed E-state index contributed by atoms with van der Waals surface area (Å²) in [5.41, 5.74) is 1.19. The van der Waals surface area contributed by atoms with Crippen LogP contribution in [0.5, 0.6) is 0 Å². The highest BCUT2D eigenvalue weighted by Gasteiger charge is 2.26. The lowest BCUT2D eigenvalue weighted by molar-refractivity contribution is 0.414. The minimum Gasteiger partial charge on any atom is -0.350 e. The number of aromatic nitrogens is 5. The largest absolute Gasteiger partial charge is 0.350 e. The predicted molar refractivity (Wildman–Crippen MR) is 100 cm³/mol. The van der Waals surface area contributed by atoms with E-state index in [1.165, 1.54) is 25.0 Å². The first kappa shape index (κ1) is 15.8. The summed E-state index contributed by atoms with van der Waals surface area (Å²) in [4.78, 5) is 18.3. The maximum Gasteiger partial charge on any atom is 0.235 e. The molecule has 0 amide bonds. The number of nitrogens with one attached hydrogen (secondary N) is 3. The standard InChI is InChI=1S/C17H25N9/c1-25-8-5-12(10-25)18-15-20-16(22-17(21-15)26-6-2-7-26)19-14-9-13(23-24-14)11-3-4-11/h9,11-12H,2-8,10H2,1H3,(H3,18,19,20,21,22,23,24). The molecule has 0 radical (unpaired) electrons. The normalized spacial score (nSPS) is 23.1. The van der Waals surface area contributed by atoms with Crippen LogP contribution in [0.3, 0.4) is 0 Å². The molecule has 1 unspecified atom stereocenters. The number of likely N-dealkylation sites (N-methyl/N-ethyl adjacent to an activating group) is 1. The van der Waals surface area contributed by atoms with Crippen molar-refractivity contribution in [2.24, 2.45) is 0 Å². The molecule has 1 atom stereocenters. The van der Waals surface area contributed by atoms with Gasteiger partial charge in [-0.3, -0.25) is 5.10 Å². The molecule has 2 aromatic heterocycles. The van der Waals surface area contributed by atoms with E-state index >= 15 is 0 Å². The fourth-order valence-electron chi connectivity index (χ4n) is 3.50. The van der Waals surface area contributed by atoms with Gasteiger partial charge in [0.2, 0.25) is 17.8 Å². The lowest BCUT2D eigenvalue weighted by Gasteiger charge is -2.31. The minimum atomic E-state index is 0.381. The van der Waals surface area contributed by atoms with Crippen LogP contribution in [0.2, 0.25) is 0 Å². The summed E-state index contributed by atoms with van der Waals surface area (Å²) in [6.45, 7) is 4.12. The number of rotatable bonds is 6. The fraction of sp³-hybridized carbons (Fsp3) is 0.647. The van der Waals surface area contributed by atoms with Gasteiger partial charge in [-0.25, -0.2) is 0 Å². The summed E-state index contributed by atoms with van der Waals surface area (Å²) in [5.74, 6) is 3.33. The van der Waals surface area contributed by atoms with Crippen molar-refractivity contribution >= 4 is 23.7 Å². The molecule has 0 bridgehead atoms. The van der Waals surface area contributed by atoms with E-state index in [-0.39, 0.29) is 0 Å². The van der Waals surface area contributed by atoms with Gasteiger partial charge in [0, 0.05) is 43.4 Å². The Morgan fingerprint density at radius 1 is 1.08 bits per heavy atom. The van der Waals surface area contributed by atoms with Gasteiger partial charge in [-0.1, -0.05) is 0 Å². The summed E-state index contributed by atoms with van der Waals surface area (Å²) >= 11 is 0. The van der Waals surface area contributed by atoms with Crippen molar-refractivity contribution < 1.29 is 0 Å². The number of hydrogen-bond acceptors (Lipinski definition) is 8. The fourth-order valence-corrected chi connectivity index (χ4v) is 3.50. The maximum absolute atomic E-state index is 4.63. The Morgan fingerprint density at radius 2 is 1.92 bits per heavy atom. The number of nitrogens with zero attached hydrogens (tertiary/aromatic N) is 6. The van der Waals surface area contributed by atoms with Gasteiger partial charge >= 0.3 is 0 Å². The van der Waals surface area contributed by atoms with Crippen LogP contribution in [-0.4, -0.2) is 69.3 Å². The molecule has 1 aliphatic carbocycles. The van der Waals surface area contributed by atoms with Gasteiger partial charge in [0.15, 0.2) is 5.82 Å². The number of H-pyrrole nitrogens is 1. The van der Waals surface area contributed by atoms with E-state index in [1.807, 2.05) is 0 Å². The van der Waals surface area contributed by atoms with Crippen molar-refractivity contribution in [3.8, 4) is 0 Å². The molecule has 26 heavy (non-hydrogen) atoms. The summed E-state index contributed by atoms with van der Waals surface area (Å²) in [5, 5.41) is 14.2. The first-order valence-electron chi connectivity index (χ1n) is 9.51. The molecule has 5 rings (SSSR count). The topological polar surface area (TPSA) is 97.9 Å². The second-order valence-electron chi connectivity index (χ2n) is 7.62. The van der Waals surface area contributed by atoms with E-state index in [4.69, 9.17) is 0 Å². The van der Waals surface area contributed by atoms with Crippen LogP contribution >= 0.6 is 0 Å². The van der Waals surface area contributed by atoms with Crippen LogP contribution in [0, 0.1) is 0 Å². The van der Waals surface area contributed by atoms with Gasteiger partial charge in [0.05, 0.1) is 0 Å². The highest BCUT2D eigenvalue weighted by atomic mass is 15.4. The molecule has 2 aromatic rings. The molecule has 0 aromatic carbocycles. The number of aromatic amines is 1. The zero-order chi connectivity index (χ0) is 17.5. The minimum absolute atomic E-state index is 0.381. The third-order valence-corrected chi connectivity index (χ3v) is 5.34. The first-order chi connectivity index (χ1) is 12.7. The lowest BCUT2D eigenvalue weighted by Crippen LogP contribution is -2.38. The second kappa shape index (κ2) is 6.39. The van der Waals surface area contributed by atoms with E-state index in [0.717, 1.165) is 44.4 Å². The zero-order valence-corrected chi connectivity index (χ0v) is 15.1. The van der Waals surface area contributed by atoms with Crippen LogP contribution in [0.25, 0.3) is 0 Å². The maximum atomic E-state index is 4.63. The SMILES string of the molecule is CN1CCC(Nc2nc(Nc3cc(C4CC4)[nH]n3)nc(N3CCC3)n2)C1. The third-order valence-electron chi connectivity index (χ3n) is 5.34. The van der Waals surface area contributed by atoms with Crippen molar-refractivity contribution in [1.29, 1.82) is 0 Å². The first-order valence-corrected chi connectivity index (χ1v) is 9.51. The smallest absolute Gasteiger partial charge is 0.235 e. The van der Waals surface area contributed by atoms with Crippen molar-refractivity contribution in [3.63, 3.8) is 0 Å². The number of anilines is 4.